The molecule has 11 nitrogen and oxygen atoms in total. The molecule has 5 N–H and O–H groups in total. The molecule has 12 heteroatoms. The maximum absolute atomic E-state index is 13.8. The molecular formula is C33H39N7O4S. The van der Waals surface area contributed by atoms with Crippen LogP contribution in [0.25, 0.3) is 10.8 Å². The van der Waals surface area contributed by atoms with E-state index in [1.807, 2.05) is 18.2 Å². The summed E-state index contributed by atoms with van der Waals surface area (Å²) in [5.74, 6) is -2.36. The van der Waals surface area contributed by atoms with Gasteiger partial charge in [0.1, 0.15) is 18.1 Å². The van der Waals surface area contributed by atoms with E-state index in [1.54, 1.807) is 10.3 Å². The van der Waals surface area contributed by atoms with Crippen LogP contribution >= 0.6 is 11.3 Å². The van der Waals surface area contributed by atoms with E-state index in [2.05, 4.69) is 39.9 Å². The Morgan fingerprint density at radius 1 is 1.13 bits per heavy atom. The van der Waals surface area contributed by atoms with Crippen LogP contribution in [0.5, 0.6) is 0 Å². The van der Waals surface area contributed by atoms with Crippen LogP contribution in [0, 0.1) is 17.2 Å². The van der Waals surface area contributed by atoms with Crippen LogP contribution in [0.1, 0.15) is 47.5 Å². The predicted octanol–water partition coefficient (Wildman–Crippen LogP) is 2.35. The number of aryl methyl sites for hydroxylation is 1. The number of carbonyl (C=O) groups is 4. The third-order valence-corrected chi connectivity index (χ3v) is 10.2. The Labute approximate surface area is 266 Å². The average Bonchev–Trinajstić information content (AvgIpc) is 3.75. The van der Waals surface area contributed by atoms with E-state index in [1.165, 1.54) is 38.8 Å². The molecule has 4 heterocycles. The lowest BCUT2D eigenvalue weighted by atomic mass is 9.79. The zero-order valence-corrected chi connectivity index (χ0v) is 25.9. The molecule has 3 amide bonds. The fourth-order valence-electron chi connectivity index (χ4n) is 7.29. The number of nitrogens with one attached hydrogen (secondary N) is 3. The zero-order valence-electron chi connectivity index (χ0n) is 25.1. The van der Waals surface area contributed by atoms with Crippen molar-refractivity contribution >= 4 is 51.4 Å². The molecule has 3 saturated heterocycles. The van der Waals surface area contributed by atoms with Gasteiger partial charge in [0.2, 0.25) is 23.5 Å². The van der Waals surface area contributed by atoms with Gasteiger partial charge in [0.25, 0.3) is 0 Å². The molecule has 0 spiro atoms. The van der Waals surface area contributed by atoms with E-state index in [0.717, 1.165) is 25.8 Å². The van der Waals surface area contributed by atoms with Crippen molar-refractivity contribution in [3.63, 3.8) is 0 Å². The Morgan fingerprint density at radius 2 is 1.96 bits per heavy atom. The number of hydrogen-bond donors (Lipinski definition) is 4. The molecule has 2 aromatic carbocycles. The van der Waals surface area contributed by atoms with Gasteiger partial charge in [0.15, 0.2) is 5.01 Å². The number of carbonyl (C=O) groups excluding carboxylic acids is 4. The minimum absolute atomic E-state index is 0.0834. The first kappa shape index (κ1) is 30.8. The molecule has 0 bridgehead atoms. The summed E-state index contributed by atoms with van der Waals surface area (Å²) in [5.41, 5.74) is 7.28. The molecule has 5 atom stereocenters. The number of hydrogen-bond acceptors (Lipinski definition) is 8. The quantitative estimate of drug-likeness (QED) is 0.144. The second-order valence-corrected chi connectivity index (χ2v) is 13.1. The van der Waals surface area contributed by atoms with E-state index in [-0.39, 0.29) is 35.1 Å². The van der Waals surface area contributed by atoms with Crippen molar-refractivity contribution in [2.75, 3.05) is 26.2 Å². The van der Waals surface area contributed by atoms with Gasteiger partial charge in [-0.05, 0) is 73.9 Å². The number of piperazine rings is 1. The molecule has 3 aromatic rings. The smallest absolute Gasteiger partial charge is 0.245 e. The van der Waals surface area contributed by atoms with Gasteiger partial charge in [0.05, 0.1) is 12.4 Å². The van der Waals surface area contributed by atoms with Gasteiger partial charge in [-0.3, -0.25) is 24.6 Å². The third kappa shape index (κ3) is 6.34. The van der Waals surface area contributed by atoms with Gasteiger partial charge in [-0.25, -0.2) is 4.98 Å². The number of piperidine rings is 1. The zero-order chi connectivity index (χ0) is 31.5. The number of amidine groups is 1. The number of benzene rings is 2. The molecule has 45 heavy (non-hydrogen) atoms. The SMILES string of the molecule is N=C(N)C(C1CCCNC1)C(NC(=O)[C@H]1CC[C@@H]2C(=O)N(CCCc3cccc4ccccc34)CC(=O)N12)C(=O)c1nccs1. The first-order chi connectivity index (χ1) is 21.8. The standard InChI is InChI=1S/C33H39N7O4S/c34-30(35)27(22-9-4-14-36-18-22)28(29(42)32-37-15-17-45-32)38-31(43)24-12-13-25-33(44)39(19-26(41)40(24)25)16-5-10-21-8-3-7-20-6-1-2-11-23(20)21/h1-3,6-8,11,15,17,22,24-25,27-28,36H,4-5,9-10,12-14,16,18-19H2,(H3,34,35)(H,38,43)/t22?,24-,25-,27?,28?/m1/s1. The number of amides is 3. The summed E-state index contributed by atoms with van der Waals surface area (Å²) in [4.78, 5) is 61.7. The van der Waals surface area contributed by atoms with Crippen LogP contribution in [-0.2, 0) is 20.8 Å². The Balaban J connectivity index is 1.14. The minimum Gasteiger partial charge on any atom is -0.387 e. The minimum atomic E-state index is -1.11. The van der Waals surface area contributed by atoms with Crippen LogP contribution in [0.4, 0.5) is 0 Å². The molecule has 0 aliphatic carbocycles. The summed E-state index contributed by atoms with van der Waals surface area (Å²) in [6, 6.07) is 11.7. The highest BCUT2D eigenvalue weighted by Crippen LogP contribution is 2.31. The lowest BCUT2D eigenvalue weighted by molar-refractivity contribution is -0.157. The lowest BCUT2D eigenvalue weighted by Crippen LogP contribution is -2.63. The number of nitrogens with zero attached hydrogens (tertiary/aromatic N) is 3. The summed E-state index contributed by atoms with van der Waals surface area (Å²) in [5, 5.41) is 18.8. The van der Waals surface area contributed by atoms with Crippen molar-refractivity contribution in [3.8, 4) is 0 Å². The molecule has 3 fully saturated rings. The van der Waals surface area contributed by atoms with Crippen molar-refractivity contribution in [3.05, 3.63) is 64.6 Å². The fraction of sp³-hybridized carbons (Fsp3) is 0.455. The first-order valence-electron chi connectivity index (χ1n) is 15.7. The number of thiazole rings is 1. The van der Waals surface area contributed by atoms with E-state index < -0.39 is 35.7 Å². The van der Waals surface area contributed by atoms with Crippen molar-refractivity contribution in [2.24, 2.45) is 17.6 Å². The fourth-order valence-corrected chi connectivity index (χ4v) is 7.90. The highest BCUT2D eigenvalue weighted by Gasteiger charge is 2.50. The second-order valence-electron chi connectivity index (χ2n) is 12.2. The number of ketones is 1. The summed E-state index contributed by atoms with van der Waals surface area (Å²) in [6.45, 7) is 1.78. The maximum Gasteiger partial charge on any atom is 0.245 e. The van der Waals surface area contributed by atoms with Crippen molar-refractivity contribution in [2.45, 2.75) is 56.7 Å². The van der Waals surface area contributed by atoms with Crippen LogP contribution in [0.3, 0.4) is 0 Å². The Hall–Kier alpha value is -4.16. The number of Topliss-reactive ketones (excluding diaryl/α,β-unsaturated/α-hetero) is 1. The van der Waals surface area contributed by atoms with Gasteiger partial charge < -0.3 is 26.2 Å². The number of rotatable bonds is 11. The summed E-state index contributed by atoms with van der Waals surface area (Å²) >= 11 is 1.17. The monoisotopic (exact) mass is 629 g/mol. The lowest BCUT2D eigenvalue weighted by Gasteiger charge is -2.39. The number of nitrogens with two attached hydrogens (primary N) is 1. The average molecular weight is 630 g/mol. The highest BCUT2D eigenvalue weighted by atomic mass is 32.1. The molecule has 1 aromatic heterocycles. The molecule has 236 valence electrons. The predicted molar refractivity (Wildman–Crippen MR) is 172 cm³/mol. The van der Waals surface area contributed by atoms with Gasteiger partial charge in [-0.15, -0.1) is 11.3 Å². The normalized spacial score (nSPS) is 23.1. The van der Waals surface area contributed by atoms with Crippen LogP contribution in [0.2, 0.25) is 0 Å². The summed E-state index contributed by atoms with van der Waals surface area (Å²) < 4.78 is 0. The van der Waals surface area contributed by atoms with Gasteiger partial charge in [0, 0.05) is 24.0 Å². The summed E-state index contributed by atoms with van der Waals surface area (Å²) in [7, 11) is 0. The number of aromatic nitrogens is 1. The molecule has 6 rings (SSSR count). The maximum atomic E-state index is 13.8. The van der Waals surface area contributed by atoms with Crippen LogP contribution < -0.4 is 16.4 Å². The highest BCUT2D eigenvalue weighted by molar-refractivity contribution is 7.11. The van der Waals surface area contributed by atoms with Gasteiger partial charge in [-0.2, -0.15) is 0 Å². The van der Waals surface area contributed by atoms with E-state index in [4.69, 9.17) is 11.1 Å². The molecule has 3 aliphatic rings. The Bertz CT molecular complexity index is 1580. The van der Waals surface area contributed by atoms with Crippen molar-refractivity contribution < 1.29 is 19.2 Å². The second kappa shape index (κ2) is 13.5. The van der Waals surface area contributed by atoms with Crippen molar-refractivity contribution in [1.29, 1.82) is 5.41 Å². The topological polar surface area (TPSA) is 162 Å². The largest absolute Gasteiger partial charge is 0.387 e. The first-order valence-corrected chi connectivity index (χ1v) is 16.6. The molecule has 3 unspecified atom stereocenters. The van der Waals surface area contributed by atoms with Gasteiger partial charge in [-0.1, -0.05) is 42.5 Å². The van der Waals surface area contributed by atoms with Crippen molar-refractivity contribution in [1.82, 2.24) is 25.4 Å². The third-order valence-electron chi connectivity index (χ3n) is 9.44. The van der Waals surface area contributed by atoms with Crippen LogP contribution in [-0.4, -0.2) is 88.4 Å². The molecule has 3 aliphatic heterocycles. The Kier molecular flexibility index (Phi) is 9.22. The molecular weight excluding hydrogens is 590 g/mol. The summed E-state index contributed by atoms with van der Waals surface area (Å²) in [6.07, 6.45) is 5.33. The Morgan fingerprint density at radius 3 is 2.71 bits per heavy atom. The van der Waals surface area contributed by atoms with Gasteiger partial charge >= 0.3 is 0 Å². The van der Waals surface area contributed by atoms with E-state index in [0.29, 0.717) is 32.4 Å². The molecule has 0 radical (unpaired) electrons. The van der Waals surface area contributed by atoms with E-state index >= 15 is 0 Å². The molecule has 0 saturated carbocycles. The van der Waals surface area contributed by atoms with Crippen LogP contribution in [0.15, 0.2) is 54.0 Å². The van der Waals surface area contributed by atoms with E-state index in [9.17, 15) is 19.2 Å². The number of fused-ring (bicyclic) bond motifs is 2.